The standard InChI is InChI=1S/C20H22N2O4S2/c1-4-25-19(23)17-16(11-26-14-5-7-15(27-3)8-6-14)22(2)20(24)21-18(17)13-9-10-28-12-13/h5-10,12,18H,4,11H2,1-3H3,(H,21,24)/t18-/m0/s1. The SMILES string of the molecule is CCOC(=O)C1=C(COc2ccc(SC)cc2)N(C)C(=O)N[C@H]1c1ccsc1. The fourth-order valence-corrected chi connectivity index (χ4v) is 3.99. The van der Waals surface area contributed by atoms with E-state index in [1.165, 1.54) is 16.2 Å². The van der Waals surface area contributed by atoms with Gasteiger partial charge in [0.05, 0.1) is 23.9 Å². The molecule has 0 bridgehead atoms. The van der Waals surface area contributed by atoms with Crippen LogP contribution in [0.4, 0.5) is 4.79 Å². The van der Waals surface area contributed by atoms with Gasteiger partial charge in [-0.3, -0.25) is 4.90 Å². The molecule has 0 spiro atoms. The molecule has 1 aliphatic rings. The summed E-state index contributed by atoms with van der Waals surface area (Å²) in [6, 6.07) is 8.70. The number of likely N-dealkylation sites (N-methyl/N-ethyl adjacent to an activating group) is 1. The first-order valence-electron chi connectivity index (χ1n) is 8.78. The predicted octanol–water partition coefficient (Wildman–Crippen LogP) is 4.06. The number of rotatable bonds is 7. The lowest BCUT2D eigenvalue weighted by Gasteiger charge is -2.34. The minimum Gasteiger partial charge on any atom is -0.487 e. The van der Waals surface area contributed by atoms with Crippen molar-refractivity contribution < 1.29 is 19.1 Å². The molecule has 0 saturated carbocycles. The number of hydrogen-bond acceptors (Lipinski definition) is 6. The van der Waals surface area contributed by atoms with Gasteiger partial charge in [0.2, 0.25) is 0 Å². The lowest BCUT2D eigenvalue weighted by atomic mass is 9.97. The quantitative estimate of drug-likeness (QED) is 0.542. The number of esters is 1. The van der Waals surface area contributed by atoms with E-state index in [9.17, 15) is 9.59 Å². The Morgan fingerprint density at radius 1 is 1.29 bits per heavy atom. The summed E-state index contributed by atoms with van der Waals surface area (Å²) >= 11 is 3.15. The van der Waals surface area contributed by atoms with E-state index in [0.717, 1.165) is 10.5 Å². The van der Waals surface area contributed by atoms with Crippen LogP contribution in [-0.4, -0.2) is 43.4 Å². The number of urea groups is 1. The average molecular weight is 419 g/mol. The summed E-state index contributed by atoms with van der Waals surface area (Å²) in [6.07, 6.45) is 2.01. The summed E-state index contributed by atoms with van der Waals surface area (Å²) in [7, 11) is 1.62. The topological polar surface area (TPSA) is 67.9 Å². The van der Waals surface area contributed by atoms with Crippen molar-refractivity contribution in [1.29, 1.82) is 0 Å². The number of ether oxygens (including phenoxy) is 2. The molecule has 1 atom stereocenters. The molecule has 28 heavy (non-hydrogen) atoms. The molecule has 1 aromatic heterocycles. The maximum absolute atomic E-state index is 12.7. The molecule has 0 aliphatic carbocycles. The molecule has 1 aliphatic heterocycles. The molecule has 3 rings (SSSR count). The molecule has 0 radical (unpaired) electrons. The van der Waals surface area contributed by atoms with Crippen LogP contribution in [0.15, 0.2) is 57.3 Å². The van der Waals surface area contributed by atoms with Gasteiger partial charge in [-0.25, -0.2) is 9.59 Å². The van der Waals surface area contributed by atoms with E-state index >= 15 is 0 Å². The monoisotopic (exact) mass is 418 g/mol. The number of thioether (sulfide) groups is 1. The molecule has 1 N–H and O–H groups in total. The highest BCUT2D eigenvalue weighted by atomic mass is 32.2. The molecule has 0 saturated heterocycles. The Balaban J connectivity index is 1.95. The van der Waals surface area contributed by atoms with Crippen molar-refractivity contribution in [3.8, 4) is 5.75 Å². The van der Waals surface area contributed by atoms with E-state index in [2.05, 4.69) is 5.32 Å². The predicted molar refractivity (Wildman–Crippen MR) is 111 cm³/mol. The van der Waals surface area contributed by atoms with Crippen molar-refractivity contribution in [1.82, 2.24) is 10.2 Å². The van der Waals surface area contributed by atoms with Gasteiger partial charge in [-0.05, 0) is 59.8 Å². The number of thiophene rings is 1. The maximum atomic E-state index is 12.7. The van der Waals surface area contributed by atoms with Gasteiger partial charge in [0.25, 0.3) is 0 Å². The largest absolute Gasteiger partial charge is 0.487 e. The van der Waals surface area contributed by atoms with Crippen LogP contribution >= 0.6 is 23.1 Å². The third kappa shape index (κ3) is 4.34. The molecule has 2 heterocycles. The minimum atomic E-state index is -0.563. The lowest BCUT2D eigenvalue weighted by molar-refractivity contribution is -0.139. The molecule has 6 nitrogen and oxygen atoms in total. The number of amides is 2. The summed E-state index contributed by atoms with van der Waals surface area (Å²) in [5.41, 5.74) is 1.73. The highest BCUT2D eigenvalue weighted by Crippen LogP contribution is 2.32. The van der Waals surface area contributed by atoms with Crippen molar-refractivity contribution in [2.45, 2.75) is 17.9 Å². The number of carbonyl (C=O) groups is 2. The Labute approximate surface area is 172 Å². The van der Waals surface area contributed by atoms with Crippen LogP contribution in [0.1, 0.15) is 18.5 Å². The first-order chi connectivity index (χ1) is 13.5. The average Bonchev–Trinajstić information content (AvgIpc) is 3.24. The van der Waals surface area contributed by atoms with Crippen molar-refractivity contribution in [3.05, 3.63) is 57.9 Å². The van der Waals surface area contributed by atoms with Crippen LogP contribution in [0.25, 0.3) is 0 Å². The van der Waals surface area contributed by atoms with Crippen LogP contribution < -0.4 is 10.1 Å². The number of nitrogens with zero attached hydrogens (tertiary/aromatic N) is 1. The molecule has 0 fully saturated rings. The summed E-state index contributed by atoms with van der Waals surface area (Å²) in [5, 5.41) is 6.70. The number of benzene rings is 1. The minimum absolute atomic E-state index is 0.0807. The van der Waals surface area contributed by atoms with E-state index in [0.29, 0.717) is 17.0 Å². The summed E-state index contributed by atoms with van der Waals surface area (Å²) < 4.78 is 11.2. The zero-order chi connectivity index (χ0) is 20.1. The van der Waals surface area contributed by atoms with Gasteiger partial charge in [0.1, 0.15) is 12.4 Å². The Kier molecular flexibility index (Phi) is 6.64. The van der Waals surface area contributed by atoms with Gasteiger partial charge in [-0.2, -0.15) is 11.3 Å². The fraction of sp³-hybridized carbons (Fsp3) is 0.300. The van der Waals surface area contributed by atoms with Gasteiger partial charge < -0.3 is 14.8 Å². The Morgan fingerprint density at radius 2 is 2.04 bits per heavy atom. The van der Waals surface area contributed by atoms with Crippen LogP contribution in [-0.2, 0) is 9.53 Å². The first-order valence-corrected chi connectivity index (χ1v) is 10.9. The molecular weight excluding hydrogens is 396 g/mol. The van der Waals surface area contributed by atoms with Crippen molar-refractivity contribution in [2.24, 2.45) is 0 Å². The van der Waals surface area contributed by atoms with Gasteiger partial charge in [-0.15, -0.1) is 11.8 Å². The van der Waals surface area contributed by atoms with Crippen LogP contribution in [0.2, 0.25) is 0 Å². The smallest absolute Gasteiger partial charge is 0.338 e. The molecule has 0 unspecified atom stereocenters. The number of carbonyl (C=O) groups excluding carboxylic acids is 2. The normalized spacial score (nSPS) is 16.8. The van der Waals surface area contributed by atoms with Crippen LogP contribution in [0.3, 0.4) is 0 Å². The van der Waals surface area contributed by atoms with Gasteiger partial charge in [0, 0.05) is 11.9 Å². The lowest BCUT2D eigenvalue weighted by Crippen LogP contribution is -2.48. The summed E-state index contributed by atoms with van der Waals surface area (Å²) in [5.74, 6) is 0.210. The second-order valence-electron chi connectivity index (χ2n) is 6.04. The molecule has 148 valence electrons. The van der Waals surface area contributed by atoms with E-state index < -0.39 is 12.0 Å². The van der Waals surface area contributed by atoms with Gasteiger partial charge >= 0.3 is 12.0 Å². The molecule has 2 aromatic rings. The number of hydrogen-bond donors (Lipinski definition) is 1. The van der Waals surface area contributed by atoms with E-state index in [1.807, 2.05) is 47.3 Å². The van der Waals surface area contributed by atoms with Crippen molar-refractivity contribution >= 4 is 35.1 Å². The Bertz CT molecular complexity index is 863. The van der Waals surface area contributed by atoms with E-state index in [-0.39, 0.29) is 19.2 Å². The third-order valence-electron chi connectivity index (χ3n) is 4.38. The summed E-state index contributed by atoms with van der Waals surface area (Å²) in [4.78, 5) is 27.8. The van der Waals surface area contributed by atoms with Crippen LogP contribution in [0, 0.1) is 0 Å². The van der Waals surface area contributed by atoms with Crippen molar-refractivity contribution in [3.63, 3.8) is 0 Å². The zero-order valence-corrected chi connectivity index (χ0v) is 17.6. The summed E-state index contributed by atoms with van der Waals surface area (Å²) in [6.45, 7) is 2.09. The van der Waals surface area contributed by atoms with Gasteiger partial charge in [-0.1, -0.05) is 0 Å². The second kappa shape index (κ2) is 9.16. The van der Waals surface area contributed by atoms with Crippen LogP contribution in [0.5, 0.6) is 5.75 Å². The molecule has 1 aromatic carbocycles. The van der Waals surface area contributed by atoms with Crippen molar-refractivity contribution in [2.75, 3.05) is 26.5 Å². The zero-order valence-electron chi connectivity index (χ0n) is 15.9. The van der Waals surface area contributed by atoms with E-state index in [4.69, 9.17) is 9.47 Å². The number of nitrogens with one attached hydrogen (secondary N) is 1. The Morgan fingerprint density at radius 3 is 2.64 bits per heavy atom. The van der Waals surface area contributed by atoms with Gasteiger partial charge in [0.15, 0.2) is 0 Å². The highest BCUT2D eigenvalue weighted by Gasteiger charge is 2.37. The maximum Gasteiger partial charge on any atom is 0.338 e. The van der Waals surface area contributed by atoms with E-state index in [1.54, 1.807) is 25.7 Å². The second-order valence-corrected chi connectivity index (χ2v) is 7.70. The molecular formula is C20H22N2O4S2. The Hall–Kier alpha value is -2.45. The highest BCUT2D eigenvalue weighted by molar-refractivity contribution is 7.98. The molecule has 2 amide bonds. The molecule has 8 heteroatoms. The first kappa shape index (κ1) is 20.3. The third-order valence-corrected chi connectivity index (χ3v) is 5.83. The fourth-order valence-electron chi connectivity index (χ4n) is 2.89.